The van der Waals surface area contributed by atoms with Gasteiger partial charge in [0, 0.05) is 13.1 Å². The monoisotopic (exact) mass is 193 g/mol. The van der Waals surface area contributed by atoms with Crippen LogP contribution in [0.2, 0.25) is 0 Å². The number of nitrogen functional groups attached to an aromatic ring is 1. The largest absolute Gasteiger partial charge is 0.480 e. The van der Waals surface area contributed by atoms with E-state index in [0.29, 0.717) is 11.6 Å². The highest BCUT2D eigenvalue weighted by Crippen LogP contribution is 2.26. The Morgan fingerprint density at radius 3 is 2.71 bits per heavy atom. The highest BCUT2D eigenvalue weighted by molar-refractivity contribution is 5.59. The Kier molecular flexibility index (Phi) is 2.43. The maximum absolute atomic E-state index is 5.79. The van der Waals surface area contributed by atoms with Crippen molar-refractivity contribution in [1.82, 2.24) is 4.98 Å². The van der Waals surface area contributed by atoms with E-state index in [2.05, 4.69) is 9.88 Å². The second kappa shape index (κ2) is 3.74. The fourth-order valence-corrected chi connectivity index (χ4v) is 1.78. The Labute approximate surface area is 83.7 Å². The first-order chi connectivity index (χ1) is 6.81. The molecule has 1 aromatic heterocycles. The molecule has 0 spiro atoms. The minimum Gasteiger partial charge on any atom is -0.480 e. The van der Waals surface area contributed by atoms with Gasteiger partial charge >= 0.3 is 0 Å². The van der Waals surface area contributed by atoms with E-state index in [9.17, 15) is 0 Å². The summed E-state index contributed by atoms with van der Waals surface area (Å²) in [7, 11) is 1.58. The fraction of sp³-hybridized carbons (Fsp3) is 0.500. The Bertz CT molecular complexity index is 321. The average Bonchev–Trinajstić information content (AvgIpc) is 2.70. The number of hydrogen-bond acceptors (Lipinski definition) is 4. The van der Waals surface area contributed by atoms with Crippen molar-refractivity contribution in [3.8, 4) is 5.88 Å². The van der Waals surface area contributed by atoms with Gasteiger partial charge in [-0.2, -0.15) is 0 Å². The standard InChI is InChI=1S/C10H15N3O/c1-14-10-9(11)6-8(7-12-10)13-4-2-3-5-13/h6-7H,2-5,11H2,1H3. The van der Waals surface area contributed by atoms with E-state index < -0.39 is 0 Å². The Hall–Kier alpha value is -1.45. The molecule has 76 valence electrons. The van der Waals surface area contributed by atoms with Crippen LogP contribution in [0.1, 0.15) is 12.8 Å². The molecule has 1 aliphatic heterocycles. The van der Waals surface area contributed by atoms with Crippen molar-refractivity contribution >= 4 is 11.4 Å². The summed E-state index contributed by atoms with van der Waals surface area (Å²) in [6.45, 7) is 2.21. The molecule has 2 rings (SSSR count). The maximum Gasteiger partial charge on any atom is 0.236 e. The van der Waals surface area contributed by atoms with Gasteiger partial charge in [-0.05, 0) is 18.9 Å². The summed E-state index contributed by atoms with van der Waals surface area (Å²) in [6, 6.07) is 1.93. The third-order valence-corrected chi connectivity index (χ3v) is 2.53. The van der Waals surface area contributed by atoms with E-state index in [1.807, 2.05) is 12.3 Å². The van der Waals surface area contributed by atoms with Crippen molar-refractivity contribution in [2.24, 2.45) is 0 Å². The van der Waals surface area contributed by atoms with Gasteiger partial charge < -0.3 is 15.4 Å². The highest BCUT2D eigenvalue weighted by atomic mass is 16.5. The lowest BCUT2D eigenvalue weighted by molar-refractivity contribution is 0.400. The average molecular weight is 193 g/mol. The minimum atomic E-state index is 0.507. The third-order valence-electron chi connectivity index (χ3n) is 2.53. The number of anilines is 2. The second-order valence-electron chi connectivity index (χ2n) is 3.49. The number of aromatic nitrogens is 1. The first kappa shape index (κ1) is 9.12. The van der Waals surface area contributed by atoms with Crippen molar-refractivity contribution in [3.05, 3.63) is 12.3 Å². The normalized spacial score (nSPS) is 15.9. The molecular weight excluding hydrogens is 178 g/mol. The maximum atomic E-state index is 5.79. The lowest BCUT2D eigenvalue weighted by atomic mass is 10.3. The van der Waals surface area contributed by atoms with Crippen LogP contribution in [-0.4, -0.2) is 25.2 Å². The van der Waals surface area contributed by atoms with Crippen LogP contribution >= 0.6 is 0 Å². The summed E-state index contributed by atoms with van der Waals surface area (Å²) < 4.78 is 5.01. The topological polar surface area (TPSA) is 51.4 Å². The van der Waals surface area contributed by atoms with Crippen molar-refractivity contribution in [2.45, 2.75) is 12.8 Å². The van der Waals surface area contributed by atoms with Crippen LogP contribution in [0.25, 0.3) is 0 Å². The molecule has 1 fully saturated rings. The lowest BCUT2D eigenvalue weighted by Crippen LogP contribution is -2.18. The zero-order chi connectivity index (χ0) is 9.97. The smallest absolute Gasteiger partial charge is 0.236 e. The number of ether oxygens (including phenoxy) is 1. The number of hydrogen-bond donors (Lipinski definition) is 1. The van der Waals surface area contributed by atoms with Gasteiger partial charge in [0.05, 0.1) is 24.7 Å². The van der Waals surface area contributed by atoms with Crippen LogP contribution in [0, 0.1) is 0 Å². The molecule has 0 radical (unpaired) electrons. The van der Waals surface area contributed by atoms with Crippen molar-refractivity contribution in [1.29, 1.82) is 0 Å². The van der Waals surface area contributed by atoms with Crippen LogP contribution in [0.4, 0.5) is 11.4 Å². The van der Waals surface area contributed by atoms with E-state index in [1.165, 1.54) is 12.8 Å². The van der Waals surface area contributed by atoms with Crippen LogP contribution in [0.3, 0.4) is 0 Å². The molecule has 0 bridgehead atoms. The molecular formula is C10H15N3O. The van der Waals surface area contributed by atoms with E-state index in [4.69, 9.17) is 10.5 Å². The molecule has 0 unspecified atom stereocenters. The highest BCUT2D eigenvalue weighted by Gasteiger charge is 2.13. The van der Waals surface area contributed by atoms with Gasteiger partial charge in [0.25, 0.3) is 0 Å². The van der Waals surface area contributed by atoms with Crippen LogP contribution in [0.15, 0.2) is 12.3 Å². The number of pyridine rings is 1. The van der Waals surface area contributed by atoms with E-state index in [0.717, 1.165) is 18.8 Å². The summed E-state index contributed by atoms with van der Waals surface area (Å²) in [4.78, 5) is 6.45. The molecule has 0 aromatic carbocycles. The third kappa shape index (κ3) is 1.60. The Morgan fingerprint density at radius 1 is 1.43 bits per heavy atom. The molecule has 0 atom stereocenters. The van der Waals surface area contributed by atoms with E-state index >= 15 is 0 Å². The van der Waals surface area contributed by atoms with Crippen molar-refractivity contribution in [3.63, 3.8) is 0 Å². The molecule has 0 amide bonds. The number of rotatable bonds is 2. The van der Waals surface area contributed by atoms with Gasteiger partial charge in [0.2, 0.25) is 5.88 Å². The molecule has 1 aliphatic rings. The van der Waals surface area contributed by atoms with Crippen LogP contribution < -0.4 is 15.4 Å². The van der Waals surface area contributed by atoms with Gasteiger partial charge in [-0.15, -0.1) is 0 Å². The molecule has 1 aromatic rings. The minimum absolute atomic E-state index is 0.507. The van der Waals surface area contributed by atoms with Gasteiger partial charge in [0.15, 0.2) is 0 Å². The van der Waals surface area contributed by atoms with Gasteiger partial charge in [-0.3, -0.25) is 0 Å². The number of nitrogens with two attached hydrogens (primary N) is 1. The predicted molar refractivity (Wildman–Crippen MR) is 56.6 cm³/mol. The van der Waals surface area contributed by atoms with Crippen LogP contribution in [0.5, 0.6) is 5.88 Å². The molecule has 4 nitrogen and oxygen atoms in total. The molecule has 2 N–H and O–H groups in total. The molecule has 1 saturated heterocycles. The number of methoxy groups -OCH3 is 1. The van der Waals surface area contributed by atoms with Gasteiger partial charge in [-0.25, -0.2) is 4.98 Å². The molecule has 0 saturated carbocycles. The second-order valence-corrected chi connectivity index (χ2v) is 3.49. The molecule has 4 heteroatoms. The van der Waals surface area contributed by atoms with Crippen molar-refractivity contribution in [2.75, 3.05) is 30.8 Å². The zero-order valence-electron chi connectivity index (χ0n) is 8.36. The summed E-state index contributed by atoms with van der Waals surface area (Å²) in [5.41, 5.74) is 7.49. The SMILES string of the molecule is COc1ncc(N2CCCC2)cc1N. The number of nitrogens with zero attached hydrogens (tertiary/aromatic N) is 2. The molecule has 0 aliphatic carbocycles. The van der Waals surface area contributed by atoms with E-state index in [-0.39, 0.29) is 0 Å². The summed E-state index contributed by atoms with van der Waals surface area (Å²) in [5.74, 6) is 0.507. The summed E-state index contributed by atoms with van der Waals surface area (Å²) >= 11 is 0. The zero-order valence-corrected chi connectivity index (χ0v) is 8.36. The summed E-state index contributed by atoms with van der Waals surface area (Å²) in [6.07, 6.45) is 4.33. The predicted octanol–water partition coefficient (Wildman–Crippen LogP) is 1.27. The first-order valence-electron chi connectivity index (χ1n) is 4.85. The van der Waals surface area contributed by atoms with Gasteiger partial charge in [-0.1, -0.05) is 0 Å². The van der Waals surface area contributed by atoms with Gasteiger partial charge in [0.1, 0.15) is 0 Å². The van der Waals surface area contributed by atoms with E-state index in [1.54, 1.807) is 7.11 Å². The summed E-state index contributed by atoms with van der Waals surface area (Å²) in [5, 5.41) is 0. The van der Waals surface area contributed by atoms with Crippen molar-refractivity contribution < 1.29 is 4.74 Å². The van der Waals surface area contributed by atoms with Crippen LogP contribution in [-0.2, 0) is 0 Å². The quantitative estimate of drug-likeness (QED) is 0.768. The Balaban J connectivity index is 2.23. The molecule has 2 heterocycles. The lowest BCUT2D eigenvalue weighted by Gasteiger charge is -2.17. The first-order valence-corrected chi connectivity index (χ1v) is 4.85. The Morgan fingerprint density at radius 2 is 2.14 bits per heavy atom. The fourth-order valence-electron chi connectivity index (χ4n) is 1.78. The molecule has 14 heavy (non-hydrogen) atoms.